The van der Waals surface area contributed by atoms with E-state index >= 15 is 0 Å². The second-order valence-electron chi connectivity index (χ2n) is 4.37. The van der Waals surface area contributed by atoms with Gasteiger partial charge in [-0.25, -0.2) is 15.4 Å². The first-order valence-electron chi connectivity index (χ1n) is 5.92. The van der Waals surface area contributed by atoms with Gasteiger partial charge in [-0.05, 0) is 18.6 Å². The van der Waals surface area contributed by atoms with E-state index in [0.29, 0.717) is 5.95 Å². The average molecular weight is 260 g/mol. The van der Waals surface area contributed by atoms with E-state index in [1.807, 2.05) is 24.3 Å². The predicted molar refractivity (Wildman–Crippen MR) is 67.4 cm³/mol. The molecular formula is C12H12N4O3. The van der Waals surface area contributed by atoms with Crippen molar-refractivity contribution in [2.45, 2.75) is 18.9 Å². The average Bonchev–Trinajstić information content (AvgIpc) is 2.82. The van der Waals surface area contributed by atoms with E-state index in [9.17, 15) is 9.59 Å². The van der Waals surface area contributed by atoms with E-state index in [1.54, 1.807) is 0 Å². The van der Waals surface area contributed by atoms with Crippen molar-refractivity contribution in [2.75, 3.05) is 5.01 Å². The van der Waals surface area contributed by atoms with Gasteiger partial charge in [-0.2, -0.15) is 0 Å². The molecule has 1 saturated heterocycles. The topological polar surface area (TPSA) is 98.3 Å². The molecule has 3 N–H and O–H groups in total. The largest absolute Gasteiger partial charge is 0.480 e. The summed E-state index contributed by atoms with van der Waals surface area (Å²) in [5.74, 6) is -0.859. The number of carbonyl (C=O) groups excluding carboxylic acids is 1. The Kier molecular flexibility index (Phi) is 2.68. The fourth-order valence-corrected chi connectivity index (χ4v) is 2.08. The third-order valence-corrected chi connectivity index (χ3v) is 3.07. The van der Waals surface area contributed by atoms with Gasteiger partial charge in [0.25, 0.3) is 0 Å². The van der Waals surface area contributed by atoms with Crippen molar-refractivity contribution in [3.63, 3.8) is 0 Å². The fourth-order valence-electron chi connectivity index (χ4n) is 2.08. The molecule has 1 aliphatic heterocycles. The number of aromatic amines is 1. The SMILES string of the molecule is O=C(O)[C@H]1CCC(=O)N(c2nc3ccccc3[nH]2)N1. The summed E-state index contributed by atoms with van der Waals surface area (Å²) in [6.07, 6.45) is 0.464. The van der Waals surface area contributed by atoms with Crippen LogP contribution in [0.4, 0.5) is 5.95 Å². The Morgan fingerprint density at radius 1 is 1.42 bits per heavy atom. The maximum Gasteiger partial charge on any atom is 0.322 e. The summed E-state index contributed by atoms with van der Waals surface area (Å²) in [6.45, 7) is 0. The molecule has 1 amide bonds. The molecule has 0 unspecified atom stereocenters. The highest BCUT2D eigenvalue weighted by atomic mass is 16.4. The first kappa shape index (κ1) is 11.7. The maximum atomic E-state index is 11.9. The number of anilines is 1. The molecule has 0 bridgehead atoms. The lowest BCUT2D eigenvalue weighted by Gasteiger charge is -2.29. The van der Waals surface area contributed by atoms with E-state index in [4.69, 9.17) is 5.11 Å². The molecule has 1 aromatic heterocycles. The number of carboxylic acid groups (broad SMARTS) is 1. The maximum absolute atomic E-state index is 11.9. The van der Waals surface area contributed by atoms with Crippen molar-refractivity contribution in [3.05, 3.63) is 24.3 Å². The molecule has 1 fully saturated rings. The minimum atomic E-state index is -0.978. The third-order valence-electron chi connectivity index (χ3n) is 3.07. The van der Waals surface area contributed by atoms with Gasteiger partial charge in [-0.1, -0.05) is 12.1 Å². The zero-order valence-corrected chi connectivity index (χ0v) is 9.96. The molecule has 1 aliphatic rings. The molecule has 7 nitrogen and oxygen atoms in total. The van der Waals surface area contributed by atoms with E-state index in [0.717, 1.165) is 11.0 Å². The van der Waals surface area contributed by atoms with Crippen LogP contribution in [0.15, 0.2) is 24.3 Å². The molecule has 2 heterocycles. The highest BCUT2D eigenvalue weighted by Crippen LogP contribution is 2.19. The van der Waals surface area contributed by atoms with Gasteiger partial charge in [0.1, 0.15) is 6.04 Å². The molecule has 0 spiro atoms. The van der Waals surface area contributed by atoms with E-state index in [2.05, 4.69) is 15.4 Å². The van der Waals surface area contributed by atoms with Gasteiger partial charge in [-0.15, -0.1) is 0 Å². The number of carbonyl (C=O) groups is 2. The number of carboxylic acids is 1. The number of amides is 1. The number of benzene rings is 1. The normalized spacial score (nSPS) is 19.9. The summed E-state index contributed by atoms with van der Waals surface area (Å²) in [5, 5.41) is 10.2. The fraction of sp³-hybridized carbons (Fsp3) is 0.250. The number of nitrogens with zero attached hydrogens (tertiary/aromatic N) is 2. The van der Waals surface area contributed by atoms with Gasteiger partial charge in [0.15, 0.2) is 0 Å². The van der Waals surface area contributed by atoms with Crippen molar-refractivity contribution >= 4 is 28.9 Å². The van der Waals surface area contributed by atoms with Crippen LogP contribution in [0.25, 0.3) is 11.0 Å². The summed E-state index contributed by atoms with van der Waals surface area (Å²) in [6, 6.07) is 6.59. The van der Waals surface area contributed by atoms with Crippen molar-refractivity contribution in [1.82, 2.24) is 15.4 Å². The van der Waals surface area contributed by atoms with Crippen LogP contribution in [0.2, 0.25) is 0 Å². The van der Waals surface area contributed by atoms with Gasteiger partial charge in [0.2, 0.25) is 11.9 Å². The second kappa shape index (κ2) is 4.36. The highest BCUT2D eigenvalue weighted by molar-refractivity contribution is 5.94. The molecule has 0 radical (unpaired) electrons. The number of nitrogens with one attached hydrogen (secondary N) is 2. The molecular weight excluding hydrogens is 248 g/mol. The number of para-hydroxylation sites is 2. The van der Waals surface area contributed by atoms with Crippen molar-refractivity contribution in [1.29, 1.82) is 0 Å². The molecule has 3 rings (SSSR count). The van der Waals surface area contributed by atoms with Crippen LogP contribution in [-0.2, 0) is 9.59 Å². The number of imidazole rings is 1. The van der Waals surface area contributed by atoms with Crippen LogP contribution in [0, 0.1) is 0 Å². The molecule has 1 atom stereocenters. The Bertz CT molecular complexity index is 618. The summed E-state index contributed by atoms with van der Waals surface area (Å²) in [5.41, 5.74) is 4.19. The number of aliphatic carboxylic acids is 1. The first-order valence-corrected chi connectivity index (χ1v) is 5.92. The lowest BCUT2D eigenvalue weighted by atomic mass is 10.1. The molecule has 0 saturated carbocycles. The Labute approximate surface area is 108 Å². The predicted octanol–water partition coefficient (Wildman–Crippen LogP) is 0.647. The summed E-state index contributed by atoms with van der Waals surface area (Å²) < 4.78 is 0. The standard InChI is InChI=1S/C12H12N4O3/c17-10-6-5-9(11(18)19)15-16(10)12-13-7-3-1-2-4-8(7)14-12/h1-4,9,15H,5-6H2,(H,13,14)(H,18,19)/t9-/m1/s1. The van der Waals surface area contributed by atoms with Crippen LogP contribution in [0.5, 0.6) is 0 Å². The summed E-state index contributed by atoms with van der Waals surface area (Å²) in [7, 11) is 0. The number of fused-ring (bicyclic) bond motifs is 1. The van der Waals surface area contributed by atoms with Crippen LogP contribution in [0.3, 0.4) is 0 Å². The Morgan fingerprint density at radius 2 is 2.21 bits per heavy atom. The quantitative estimate of drug-likeness (QED) is 0.736. The van der Waals surface area contributed by atoms with Crippen molar-refractivity contribution in [2.24, 2.45) is 0 Å². The Hall–Kier alpha value is -2.41. The number of hydrogen-bond acceptors (Lipinski definition) is 4. The lowest BCUT2D eigenvalue weighted by Crippen LogP contribution is -2.56. The van der Waals surface area contributed by atoms with Gasteiger partial charge >= 0.3 is 5.97 Å². The van der Waals surface area contributed by atoms with Gasteiger partial charge in [0.05, 0.1) is 11.0 Å². The minimum absolute atomic E-state index is 0.182. The highest BCUT2D eigenvalue weighted by Gasteiger charge is 2.31. The van der Waals surface area contributed by atoms with Crippen molar-refractivity contribution < 1.29 is 14.7 Å². The number of hydrazine groups is 1. The minimum Gasteiger partial charge on any atom is -0.480 e. The lowest BCUT2D eigenvalue weighted by molar-refractivity contribution is -0.140. The smallest absolute Gasteiger partial charge is 0.322 e. The number of H-pyrrole nitrogens is 1. The van der Waals surface area contributed by atoms with E-state index in [1.165, 1.54) is 5.01 Å². The van der Waals surface area contributed by atoms with Crippen LogP contribution in [0.1, 0.15) is 12.8 Å². The zero-order valence-electron chi connectivity index (χ0n) is 9.96. The molecule has 98 valence electrons. The number of aromatic nitrogens is 2. The third kappa shape index (κ3) is 2.04. The summed E-state index contributed by atoms with van der Waals surface area (Å²) >= 11 is 0. The van der Waals surface area contributed by atoms with Gasteiger partial charge < -0.3 is 10.1 Å². The second-order valence-corrected chi connectivity index (χ2v) is 4.37. The van der Waals surface area contributed by atoms with Crippen LogP contribution >= 0.6 is 0 Å². The Balaban J connectivity index is 1.94. The molecule has 19 heavy (non-hydrogen) atoms. The monoisotopic (exact) mass is 260 g/mol. The molecule has 1 aromatic carbocycles. The van der Waals surface area contributed by atoms with Gasteiger partial charge in [-0.3, -0.25) is 9.59 Å². The molecule has 2 aromatic rings. The van der Waals surface area contributed by atoms with Crippen LogP contribution < -0.4 is 10.4 Å². The number of hydrogen-bond donors (Lipinski definition) is 3. The Morgan fingerprint density at radius 3 is 2.95 bits per heavy atom. The molecule has 7 heteroatoms. The van der Waals surface area contributed by atoms with E-state index in [-0.39, 0.29) is 18.7 Å². The van der Waals surface area contributed by atoms with E-state index < -0.39 is 12.0 Å². The van der Waals surface area contributed by atoms with Crippen LogP contribution in [-0.4, -0.2) is 33.0 Å². The zero-order chi connectivity index (χ0) is 13.4. The first-order chi connectivity index (χ1) is 9.15. The molecule has 0 aliphatic carbocycles. The summed E-state index contributed by atoms with van der Waals surface area (Å²) in [4.78, 5) is 30.1. The number of rotatable bonds is 2. The van der Waals surface area contributed by atoms with Crippen molar-refractivity contribution in [3.8, 4) is 0 Å². The van der Waals surface area contributed by atoms with Gasteiger partial charge in [0, 0.05) is 6.42 Å².